The highest BCUT2D eigenvalue weighted by molar-refractivity contribution is 7.17. The molecular weight excluding hydrogens is 422 g/mol. The molecule has 0 saturated carbocycles. The van der Waals surface area contributed by atoms with E-state index in [0.717, 1.165) is 11.1 Å². The van der Waals surface area contributed by atoms with Crippen molar-refractivity contribution in [3.63, 3.8) is 0 Å². The molecule has 0 radical (unpaired) electrons. The summed E-state index contributed by atoms with van der Waals surface area (Å²) in [4.78, 5) is 31.1. The number of hydrogen-bond donors (Lipinski definition) is 1. The molecule has 0 aliphatic heterocycles. The minimum atomic E-state index is -0.765. The van der Waals surface area contributed by atoms with Crippen LogP contribution in [0.4, 0.5) is 5.69 Å². The summed E-state index contributed by atoms with van der Waals surface area (Å²) in [5.41, 5.74) is 2.01. The summed E-state index contributed by atoms with van der Waals surface area (Å²) in [6.45, 7) is 1.66. The van der Waals surface area contributed by atoms with Crippen LogP contribution in [-0.2, 0) is 4.79 Å². The van der Waals surface area contributed by atoms with E-state index in [2.05, 4.69) is 10.3 Å². The average Bonchev–Trinajstić information content (AvgIpc) is 3.19. The maximum absolute atomic E-state index is 13.2. The number of nitrogens with one attached hydrogen (secondary N) is 1. The molecule has 0 unspecified atom stereocenters. The van der Waals surface area contributed by atoms with Gasteiger partial charge in [-0.3, -0.25) is 14.2 Å². The fourth-order valence-electron chi connectivity index (χ4n) is 3.17. The second-order valence-corrected chi connectivity index (χ2v) is 7.93. The molecule has 2 aromatic heterocycles. The molecule has 0 saturated heterocycles. The monoisotopic (exact) mass is 439 g/mol. The second kappa shape index (κ2) is 8.30. The van der Waals surface area contributed by atoms with Crippen molar-refractivity contribution in [2.45, 2.75) is 13.0 Å². The van der Waals surface area contributed by atoms with Gasteiger partial charge in [-0.15, -0.1) is 11.3 Å². The predicted octanol–water partition coefficient (Wildman–Crippen LogP) is 4.99. The van der Waals surface area contributed by atoms with Crippen LogP contribution < -0.4 is 15.6 Å². The van der Waals surface area contributed by atoms with Crippen molar-refractivity contribution in [2.75, 3.05) is 12.4 Å². The lowest BCUT2D eigenvalue weighted by Gasteiger charge is -2.15. The number of aromatic nitrogens is 2. The Morgan fingerprint density at radius 2 is 2.00 bits per heavy atom. The lowest BCUT2D eigenvalue weighted by atomic mass is 10.1. The highest BCUT2D eigenvalue weighted by Gasteiger charge is 2.20. The second-order valence-electron chi connectivity index (χ2n) is 6.67. The van der Waals surface area contributed by atoms with Gasteiger partial charge in [0, 0.05) is 16.6 Å². The zero-order chi connectivity index (χ0) is 21.3. The first-order valence-electron chi connectivity index (χ1n) is 9.17. The smallest absolute Gasteiger partial charge is 0.263 e. The topological polar surface area (TPSA) is 73.2 Å². The van der Waals surface area contributed by atoms with Crippen LogP contribution in [0.3, 0.4) is 0 Å². The van der Waals surface area contributed by atoms with Crippen LogP contribution in [0.15, 0.2) is 65.0 Å². The third-order valence-corrected chi connectivity index (χ3v) is 6.00. The van der Waals surface area contributed by atoms with E-state index < -0.39 is 6.04 Å². The summed E-state index contributed by atoms with van der Waals surface area (Å²) in [6, 6.07) is 13.8. The van der Waals surface area contributed by atoms with Crippen molar-refractivity contribution >= 4 is 44.7 Å². The Morgan fingerprint density at radius 1 is 1.23 bits per heavy atom. The quantitative estimate of drug-likeness (QED) is 0.475. The van der Waals surface area contributed by atoms with E-state index in [-0.39, 0.29) is 11.5 Å². The number of halogens is 1. The standard InChI is InChI=1S/C22H18ClN3O3S/c1-13(20(27)25-15-8-9-18(29-2)17(23)10-15)26-12-24-21-19(22(26)28)16(11-30-21)14-6-4-3-5-7-14/h3-13H,1-2H3,(H,25,27)/t13-/m1/s1. The summed E-state index contributed by atoms with van der Waals surface area (Å²) >= 11 is 7.53. The SMILES string of the molecule is COc1ccc(NC(=O)[C@@H](C)n2cnc3scc(-c4ccccc4)c3c2=O)cc1Cl. The summed E-state index contributed by atoms with van der Waals surface area (Å²) < 4.78 is 6.47. The van der Waals surface area contributed by atoms with E-state index in [0.29, 0.717) is 26.7 Å². The molecule has 2 heterocycles. The number of benzene rings is 2. The van der Waals surface area contributed by atoms with E-state index in [9.17, 15) is 9.59 Å². The number of hydrogen-bond acceptors (Lipinski definition) is 5. The van der Waals surface area contributed by atoms with Crippen LogP contribution in [0.5, 0.6) is 5.75 Å². The third kappa shape index (κ3) is 3.69. The molecule has 6 nitrogen and oxygen atoms in total. The molecule has 30 heavy (non-hydrogen) atoms. The minimum absolute atomic E-state index is 0.254. The lowest BCUT2D eigenvalue weighted by Crippen LogP contribution is -2.31. The molecule has 0 fully saturated rings. The van der Waals surface area contributed by atoms with E-state index in [4.69, 9.17) is 16.3 Å². The molecule has 8 heteroatoms. The summed E-state index contributed by atoms with van der Waals surface area (Å²) in [6.07, 6.45) is 1.42. The predicted molar refractivity (Wildman–Crippen MR) is 121 cm³/mol. The van der Waals surface area contributed by atoms with E-state index >= 15 is 0 Å². The van der Waals surface area contributed by atoms with Crippen LogP contribution in [0.1, 0.15) is 13.0 Å². The van der Waals surface area contributed by atoms with Gasteiger partial charge in [-0.05, 0) is 30.7 Å². The van der Waals surface area contributed by atoms with Gasteiger partial charge >= 0.3 is 0 Å². The molecule has 152 valence electrons. The van der Waals surface area contributed by atoms with E-state index in [1.807, 2.05) is 35.7 Å². The Morgan fingerprint density at radius 3 is 2.70 bits per heavy atom. The van der Waals surface area contributed by atoms with E-state index in [1.54, 1.807) is 25.1 Å². The highest BCUT2D eigenvalue weighted by atomic mass is 35.5. The number of nitrogens with zero attached hydrogens (tertiary/aromatic N) is 2. The molecule has 1 N–H and O–H groups in total. The van der Waals surface area contributed by atoms with Crippen molar-refractivity contribution in [3.05, 3.63) is 75.6 Å². The third-order valence-electron chi connectivity index (χ3n) is 4.82. The van der Waals surface area contributed by atoms with Crippen LogP contribution in [0.25, 0.3) is 21.3 Å². The summed E-state index contributed by atoms with van der Waals surface area (Å²) in [5.74, 6) is 0.162. The number of amides is 1. The average molecular weight is 440 g/mol. The molecule has 4 aromatic rings. The fraction of sp³-hybridized carbons (Fsp3) is 0.136. The number of anilines is 1. The lowest BCUT2D eigenvalue weighted by molar-refractivity contribution is -0.118. The molecule has 0 spiro atoms. The number of carbonyl (C=O) groups is 1. The van der Waals surface area contributed by atoms with Gasteiger partial charge < -0.3 is 10.1 Å². The van der Waals surface area contributed by atoms with Gasteiger partial charge in [0.1, 0.15) is 16.6 Å². The molecule has 1 atom stereocenters. The molecule has 0 bridgehead atoms. The molecule has 2 aromatic carbocycles. The number of thiophene rings is 1. The number of fused-ring (bicyclic) bond motifs is 1. The Bertz CT molecular complexity index is 1280. The van der Waals surface area contributed by atoms with Crippen molar-refractivity contribution in [2.24, 2.45) is 0 Å². The normalized spacial score (nSPS) is 12.0. The van der Waals surface area contributed by atoms with Crippen LogP contribution >= 0.6 is 22.9 Å². The number of rotatable bonds is 5. The van der Waals surface area contributed by atoms with Gasteiger partial charge in [0.05, 0.1) is 23.8 Å². The maximum atomic E-state index is 13.2. The first-order chi connectivity index (χ1) is 14.5. The zero-order valence-electron chi connectivity index (χ0n) is 16.3. The Balaban J connectivity index is 1.67. The number of methoxy groups -OCH3 is 1. The summed E-state index contributed by atoms with van der Waals surface area (Å²) in [7, 11) is 1.52. The van der Waals surface area contributed by atoms with Gasteiger partial charge in [-0.1, -0.05) is 41.9 Å². The van der Waals surface area contributed by atoms with Crippen LogP contribution in [-0.4, -0.2) is 22.6 Å². The van der Waals surface area contributed by atoms with Crippen molar-refractivity contribution < 1.29 is 9.53 Å². The summed E-state index contributed by atoms with van der Waals surface area (Å²) in [5, 5.41) is 5.60. The van der Waals surface area contributed by atoms with Crippen molar-refractivity contribution in [1.82, 2.24) is 9.55 Å². The van der Waals surface area contributed by atoms with Gasteiger partial charge in [0.15, 0.2) is 0 Å². The maximum Gasteiger partial charge on any atom is 0.263 e. The van der Waals surface area contributed by atoms with Crippen molar-refractivity contribution in [1.29, 1.82) is 0 Å². The Labute approximate surface area is 181 Å². The molecule has 4 rings (SSSR count). The molecular formula is C22H18ClN3O3S. The number of carbonyl (C=O) groups excluding carboxylic acids is 1. The first kappa shape index (κ1) is 20.1. The highest BCUT2D eigenvalue weighted by Crippen LogP contribution is 2.31. The minimum Gasteiger partial charge on any atom is -0.495 e. The van der Waals surface area contributed by atoms with Gasteiger partial charge in [0.25, 0.3) is 5.56 Å². The van der Waals surface area contributed by atoms with Crippen LogP contribution in [0, 0.1) is 0 Å². The molecule has 0 aliphatic rings. The molecule has 0 aliphatic carbocycles. The Kier molecular flexibility index (Phi) is 5.57. The Hall–Kier alpha value is -3.16. The zero-order valence-corrected chi connectivity index (χ0v) is 17.8. The number of ether oxygens (including phenoxy) is 1. The van der Waals surface area contributed by atoms with Gasteiger partial charge in [-0.2, -0.15) is 0 Å². The van der Waals surface area contributed by atoms with Gasteiger partial charge in [0.2, 0.25) is 5.91 Å². The van der Waals surface area contributed by atoms with Gasteiger partial charge in [-0.25, -0.2) is 4.98 Å². The van der Waals surface area contributed by atoms with E-state index in [1.165, 1.54) is 29.3 Å². The van der Waals surface area contributed by atoms with Crippen molar-refractivity contribution in [3.8, 4) is 16.9 Å². The van der Waals surface area contributed by atoms with Crippen LogP contribution in [0.2, 0.25) is 5.02 Å². The first-order valence-corrected chi connectivity index (χ1v) is 10.4. The molecule has 1 amide bonds. The fourth-order valence-corrected chi connectivity index (χ4v) is 4.33. The largest absolute Gasteiger partial charge is 0.495 e.